The van der Waals surface area contributed by atoms with Crippen LogP contribution in [0.15, 0.2) is 51.5 Å². The van der Waals surface area contributed by atoms with Gasteiger partial charge in [-0.2, -0.15) is 0 Å². The van der Waals surface area contributed by atoms with Crippen molar-refractivity contribution in [2.75, 3.05) is 0 Å². The second-order valence-corrected chi connectivity index (χ2v) is 6.37. The minimum atomic E-state index is -0.194. The van der Waals surface area contributed by atoms with Crippen LogP contribution in [0.1, 0.15) is 5.56 Å². The van der Waals surface area contributed by atoms with E-state index in [2.05, 4.69) is 21.1 Å². The van der Waals surface area contributed by atoms with E-state index in [1.165, 1.54) is 0 Å². The fourth-order valence-corrected chi connectivity index (χ4v) is 2.88. The largest absolute Gasteiger partial charge is 0.391 e. The summed E-state index contributed by atoms with van der Waals surface area (Å²) in [5, 5.41) is 14.7. The molecule has 112 valence electrons. The van der Waals surface area contributed by atoms with Crippen molar-refractivity contribution in [2.45, 2.75) is 6.61 Å². The van der Waals surface area contributed by atoms with E-state index in [4.69, 9.17) is 27.7 Å². The van der Waals surface area contributed by atoms with Crippen LogP contribution < -0.4 is 0 Å². The summed E-state index contributed by atoms with van der Waals surface area (Å²) in [4.78, 5) is 0. The fourth-order valence-electron chi connectivity index (χ4n) is 2.18. The van der Waals surface area contributed by atoms with Gasteiger partial charge in [0.2, 0.25) is 0 Å². The first kappa shape index (κ1) is 15.6. The summed E-state index contributed by atoms with van der Waals surface area (Å²) in [7, 11) is 0. The van der Waals surface area contributed by atoms with Gasteiger partial charge in [-0.15, -0.1) is 0 Å². The number of aliphatic hydroxyl groups is 1. The van der Waals surface area contributed by atoms with E-state index in [9.17, 15) is 5.11 Å². The normalized spacial score (nSPS) is 10.9. The zero-order chi connectivity index (χ0) is 15.7. The lowest BCUT2D eigenvalue weighted by molar-refractivity contribution is 0.281. The molecular weight excluding hydrogens is 389 g/mol. The molecule has 0 aliphatic carbocycles. The van der Waals surface area contributed by atoms with Crippen LogP contribution in [0.3, 0.4) is 0 Å². The van der Waals surface area contributed by atoms with Gasteiger partial charge in [0.05, 0.1) is 22.2 Å². The number of halogens is 3. The molecule has 0 amide bonds. The number of aromatic nitrogens is 1. The van der Waals surface area contributed by atoms with Crippen molar-refractivity contribution in [3.63, 3.8) is 0 Å². The molecule has 0 aliphatic rings. The third-order valence-electron chi connectivity index (χ3n) is 3.23. The highest BCUT2D eigenvalue weighted by Gasteiger charge is 2.19. The Bertz CT molecular complexity index is 833. The molecule has 0 aliphatic heterocycles. The molecule has 1 aromatic heterocycles. The minimum absolute atomic E-state index is 0.194. The summed E-state index contributed by atoms with van der Waals surface area (Å²) in [6, 6.07) is 12.8. The van der Waals surface area contributed by atoms with Crippen molar-refractivity contribution in [2.24, 2.45) is 0 Å². The first-order chi connectivity index (χ1) is 10.6. The van der Waals surface area contributed by atoms with E-state index >= 15 is 0 Å². The summed E-state index contributed by atoms with van der Waals surface area (Å²) >= 11 is 15.4. The minimum Gasteiger partial charge on any atom is -0.391 e. The summed E-state index contributed by atoms with van der Waals surface area (Å²) in [6.07, 6.45) is 0. The van der Waals surface area contributed by atoms with Crippen molar-refractivity contribution in [3.05, 3.63) is 62.5 Å². The van der Waals surface area contributed by atoms with Crippen molar-refractivity contribution in [1.82, 2.24) is 5.16 Å². The van der Waals surface area contributed by atoms with Crippen LogP contribution in [0.2, 0.25) is 10.0 Å². The van der Waals surface area contributed by atoms with Gasteiger partial charge in [0.15, 0.2) is 5.76 Å². The molecule has 22 heavy (non-hydrogen) atoms. The lowest BCUT2D eigenvalue weighted by Gasteiger charge is -2.03. The van der Waals surface area contributed by atoms with Gasteiger partial charge in [-0.3, -0.25) is 0 Å². The Morgan fingerprint density at radius 1 is 1.05 bits per heavy atom. The van der Waals surface area contributed by atoms with Gasteiger partial charge in [0.25, 0.3) is 0 Å². The van der Waals surface area contributed by atoms with Crippen molar-refractivity contribution in [1.29, 1.82) is 0 Å². The molecule has 0 atom stereocenters. The summed E-state index contributed by atoms with van der Waals surface area (Å²) < 4.78 is 6.36. The fraction of sp³-hybridized carbons (Fsp3) is 0.0625. The topological polar surface area (TPSA) is 46.3 Å². The van der Waals surface area contributed by atoms with Gasteiger partial charge in [-0.25, -0.2) is 0 Å². The van der Waals surface area contributed by atoms with Crippen molar-refractivity contribution in [3.8, 4) is 22.6 Å². The molecule has 3 rings (SSSR count). The average Bonchev–Trinajstić information content (AvgIpc) is 2.94. The van der Waals surface area contributed by atoms with Gasteiger partial charge in [0, 0.05) is 15.6 Å². The van der Waals surface area contributed by atoms with Gasteiger partial charge < -0.3 is 9.63 Å². The van der Waals surface area contributed by atoms with Gasteiger partial charge >= 0.3 is 0 Å². The van der Waals surface area contributed by atoms with Crippen molar-refractivity contribution >= 4 is 39.1 Å². The molecule has 0 bridgehead atoms. The van der Waals surface area contributed by atoms with E-state index in [1.807, 2.05) is 24.3 Å². The Morgan fingerprint density at radius 3 is 2.55 bits per heavy atom. The first-order valence-electron chi connectivity index (χ1n) is 6.41. The molecule has 2 aromatic carbocycles. The molecule has 0 unspecified atom stereocenters. The highest BCUT2D eigenvalue weighted by molar-refractivity contribution is 9.10. The standard InChI is InChI=1S/C16H10BrCl2NO2/c17-11-3-1-2-10(6-11)16-12(8-21)15(20-22-16)9-4-5-13(18)14(19)7-9/h1-7,21H,8H2. The number of hydrogen-bond donors (Lipinski definition) is 1. The zero-order valence-electron chi connectivity index (χ0n) is 11.2. The van der Waals surface area contributed by atoms with E-state index in [-0.39, 0.29) is 6.61 Å². The molecule has 6 heteroatoms. The Kier molecular flexibility index (Phi) is 4.54. The van der Waals surface area contributed by atoms with Crippen LogP contribution in [0.5, 0.6) is 0 Å². The highest BCUT2D eigenvalue weighted by Crippen LogP contribution is 2.35. The van der Waals surface area contributed by atoms with Gasteiger partial charge in [0.1, 0.15) is 5.69 Å². The number of aliphatic hydroxyl groups excluding tert-OH is 1. The van der Waals surface area contributed by atoms with Gasteiger partial charge in [-0.1, -0.05) is 62.5 Å². The average molecular weight is 399 g/mol. The maximum absolute atomic E-state index is 9.73. The third-order valence-corrected chi connectivity index (χ3v) is 4.46. The molecule has 0 saturated carbocycles. The highest BCUT2D eigenvalue weighted by atomic mass is 79.9. The number of nitrogens with zero attached hydrogens (tertiary/aromatic N) is 1. The van der Waals surface area contributed by atoms with Crippen LogP contribution in [0.25, 0.3) is 22.6 Å². The SMILES string of the molecule is OCc1c(-c2ccc(Cl)c(Cl)c2)noc1-c1cccc(Br)c1. The quantitative estimate of drug-likeness (QED) is 0.627. The first-order valence-corrected chi connectivity index (χ1v) is 7.96. The summed E-state index contributed by atoms with van der Waals surface area (Å²) in [6.45, 7) is -0.194. The maximum Gasteiger partial charge on any atom is 0.173 e. The predicted octanol–water partition coefficient (Wildman–Crippen LogP) is 5.57. The zero-order valence-corrected chi connectivity index (χ0v) is 14.3. The summed E-state index contributed by atoms with van der Waals surface area (Å²) in [5.41, 5.74) is 2.73. The second kappa shape index (κ2) is 6.42. The number of benzene rings is 2. The molecular formula is C16H10BrCl2NO2. The molecule has 3 aromatic rings. The lowest BCUT2D eigenvalue weighted by atomic mass is 10.0. The van der Waals surface area contributed by atoms with E-state index in [0.29, 0.717) is 27.1 Å². The predicted molar refractivity (Wildman–Crippen MR) is 91.0 cm³/mol. The Hall–Kier alpha value is -1.33. The van der Waals surface area contributed by atoms with Gasteiger partial charge in [-0.05, 0) is 24.3 Å². The van der Waals surface area contributed by atoms with Crippen molar-refractivity contribution < 1.29 is 9.63 Å². The third kappa shape index (κ3) is 2.92. The van der Waals surface area contributed by atoms with Crippen LogP contribution in [-0.2, 0) is 6.61 Å². The van der Waals surface area contributed by atoms with E-state index in [0.717, 1.165) is 15.6 Å². The molecule has 0 saturated heterocycles. The van der Waals surface area contributed by atoms with Crippen LogP contribution in [0, 0.1) is 0 Å². The lowest BCUT2D eigenvalue weighted by Crippen LogP contribution is -1.89. The molecule has 3 nitrogen and oxygen atoms in total. The Labute approximate surface area is 145 Å². The Balaban J connectivity index is 2.13. The second-order valence-electron chi connectivity index (χ2n) is 4.64. The number of hydrogen-bond acceptors (Lipinski definition) is 3. The molecule has 0 fully saturated rings. The van der Waals surface area contributed by atoms with Crippen LogP contribution >= 0.6 is 39.1 Å². The Morgan fingerprint density at radius 2 is 1.86 bits per heavy atom. The monoisotopic (exact) mass is 397 g/mol. The van der Waals surface area contributed by atoms with Crippen LogP contribution in [0.4, 0.5) is 0 Å². The number of rotatable bonds is 3. The molecule has 1 heterocycles. The van der Waals surface area contributed by atoms with E-state index < -0.39 is 0 Å². The summed E-state index contributed by atoms with van der Waals surface area (Å²) in [5.74, 6) is 0.532. The smallest absolute Gasteiger partial charge is 0.173 e. The van der Waals surface area contributed by atoms with E-state index in [1.54, 1.807) is 18.2 Å². The molecule has 1 N–H and O–H groups in total. The maximum atomic E-state index is 9.73. The molecule has 0 radical (unpaired) electrons. The molecule has 0 spiro atoms. The van der Waals surface area contributed by atoms with Crippen LogP contribution in [-0.4, -0.2) is 10.3 Å².